The second-order valence-corrected chi connectivity index (χ2v) is 9.11. The van der Waals surface area contributed by atoms with Crippen LogP contribution in [-0.2, 0) is 0 Å². The van der Waals surface area contributed by atoms with Crippen molar-refractivity contribution in [3.63, 3.8) is 0 Å². The lowest BCUT2D eigenvalue weighted by atomic mass is 9.97. The molecule has 0 saturated carbocycles. The fourth-order valence-electron chi connectivity index (χ4n) is 4.72. The molecular weight excluding hydrogens is 428 g/mol. The van der Waals surface area contributed by atoms with Gasteiger partial charge in [0.1, 0.15) is 11.6 Å². The Balaban J connectivity index is 1.68. The zero-order valence-electron chi connectivity index (χ0n) is 18.5. The minimum atomic E-state index is -3.00. The quantitative estimate of drug-likeness (QED) is 0.604. The van der Waals surface area contributed by atoms with Gasteiger partial charge in [0.15, 0.2) is 0 Å². The number of halogens is 2. The summed E-state index contributed by atoms with van der Waals surface area (Å²) in [5.74, 6) is 6.55. The van der Waals surface area contributed by atoms with Gasteiger partial charge in [0.05, 0.1) is 28.7 Å². The summed E-state index contributed by atoms with van der Waals surface area (Å²) in [6.45, 7) is 0.403. The van der Waals surface area contributed by atoms with Crippen LogP contribution in [0.2, 0.25) is 0 Å². The topological polar surface area (TPSA) is 67.6 Å². The predicted molar refractivity (Wildman–Crippen MR) is 118 cm³/mol. The molecule has 1 N–H and O–H groups in total. The van der Waals surface area contributed by atoms with Gasteiger partial charge in [-0.2, -0.15) is 8.78 Å². The maximum atomic E-state index is 13.2. The number of imidazole rings is 1. The van der Waals surface area contributed by atoms with Gasteiger partial charge in [-0.25, -0.2) is 4.98 Å². The fourth-order valence-corrected chi connectivity index (χ4v) is 4.72. The number of carbonyl (C=O) groups is 1. The van der Waals surface area contributed by atoms with Crippen molar-refractivity contribution in [2.45, 2.75) is 51.0 Å². The second kappa shape index (κ2) is 7.56. The molecule has 2 bridgehead atoms. The van der Waals surface area contributed by atoms with Crippen molar-refractivity contribution < 1.29 is 23.4 Å². The molecule has 1 amide bonds. The van der Waals surface area contributed by atoms with Crippen molar-refractivity contribution in [2.75, 3.05) is 7.05 Å². The lowest BCUT2D eigenvalue weighted by Gasteiger charge is -2.24. The fraction of sp³-hybridized carbons (Fsp3) is 0.360. The SMILES string of the molecule is CN1C(=O)c2cccc(OC(F)F)c2[C@H]2CC1c1nc3ccc(C#CCC(C)(C)O)cc3n12. The number of amides is 1. The Labute approximate surface area is 189 Å². The van der Waals surface area contributed by atoms with E-state index in [9.17, 15) is 18.7 Å². The Morgan fingerprint density at radius 2 is 2.06 bits per heavy atom. The van der Waals surface area contributed by atoms with E-state index in [-0.39, 0.29) is 23.7 Å². The van der Waals surface area contributed by atoms with Crippen molar-refractivity contribution in [2.24, 2.45) is 0 Å². The largest absolute Gasteiger partial charge is 0.434 e. The number of hydrogen-bond donors (Lipinski definition) is 1. The molecule has 2 aliphatic heterocycles. The van der Waals surface area contributed by atoms with Gasteiger partial charge in [-0.3, -0.25) is 4.79 Å². The Morgan fingerprint density at radius 1 is 1.27 bits per heavy atom. The minimum Gasteiger partial charge on any atom is -0.434 e. The van der Waals surface area contributed by atoms with Crippen LogP contribution in [0.5, 0.6) is 5.75 Å². The van der Waals surface area contributed by atoms with Gasteiger partial charge in [0.2, 0.25) is 0 Å². The molecule has 5 rings (SSSR count). The smallest absolute Gasteiger partial charge is 0.387 e. The number of rotatable bonds is 3. The zero-order chi connectivity index (χ0) is 23.5. The Bertz CT molecular complexity index is 1330. The Kier molecular flexibility index (Phi) is 4.91. The van der Waals surface area contributed by atoms with E-state index in [1.54, 1.807) is 37.9 Å². The number of nitrogens with zero attached hydrogens (tertiary/aromatic N) is 3. The van der Waals surface area contributed by atoms with E-state index in [0.29, 0.717) is 29.8 Å². The number of carbonyl (C=O) groups excluding carboxylic acids is 1. The average molecular weight is 451 g/mol. The van der Waals surface area contributed by atoms with Gasteiger partial charge < -0.3 is 19.3 Å². The summed E-state index contributed by atoms with van der Waals surface area (Å²) in [6, 6.07) is 9.66. The molecule has 3 aromatic rings. The predicted octanol–water partition coefficient (Wildman–Crippen LogP) is 4.27. The maximum Gasteiger partial charge on any atom is 0.387 e. The van der Waals surface area contributed by atoms with Gasteiger partial charge >= 0.3 is 6.61 Å². The van der Waals surface area contributed by atoms with Crippen LogP contribution in [-0.4, -0.2) is 44.7 Å². The Morgan fingerprint density at radius 3 is 2.79 bits per heavy atom. The number of aliphatic hydroxyl groups is 1. The molecule has 0 radical (unpaired) electrons. The summed E-state index contributed by atoms with van der Waals surface area (Å²) < 4.78 is 33.2. The van der Waals surface area contributed by atoms with Crippen molar-refractivity contribution in [1.82, 2.24) is 14.5 Å². The average Bonchev–Trinajstić information content (AvgIpc) is 3.25. The van der Waals surface area contributed by atoms with Crippen LogP contribution in [0, 0.1) is 11.8 Å². The van der Waals surface area contributed by atoms with Crippen LogP contribution in [0.25, 0.3) is 11.0 Å². The van der Waals surface area contributed by atoms with Crippen LogP contribution < -0.4 is 4.74 Å². The molecule has 0 fully saturated rings. The first-order valence-corrected chi connectivity index (χ1v) is 10.7. The molecule has 33 heavy (non-hydrogen) atoms. The lowest BCUT2D eigenvalue weighted by molar-refractivity contribution is -0.0507. The van der Waals surface area contributed by atoms with E-state index in [1.807, 2.05) is 22.8 Å². The van der Waals surface area contributed by atoms with Gasteiger partial charge in [0, 0.05) is 36.6 Å². The van der Waals surface area contributed by atoms with Gasteiger partial charge in [0.25, 0.3) is 5.91 Å². The lowest BCUT2D eigenvalue weighted by Crippen LogP contribution is -2.30. The Hall–Kier alpha value is -3.44. The molecule has 6 nitrogen and oxygen atoms in total. The second-order valence-electron chi connectivity index (χ2n) is 9.11. The summed E-state index contributed by atoms with van der Waals surface area (Å²) in [4.78, 5) is 19.6. The van der Waals surface area contributed by atoms with E-state index in [1.165, 1.54) is 6.07 Å². The molecule has 8 heteroatoms. The van der Waals surface area contributed by atoms with E-state index >= 15 is 0 Å². The van der Waals surface area contributed by atoms with Crippen molar-refractivity contribution in [3.8, 4) is 17.6 Å². The van der Waals surface area contributed by atoms with Crippen LogP contribution in [0.4, 0.5) is 8.78 Å². The first-order chi connectivity index (χ1) is 15.6. The minimum absolute atomic E-state index is 0.00530. The first-order valence-electron chi connectivity index (χ1n) is 10.7. The van der Waals surface area contributed by atoms with Crippen molar-refractivity contribution in [3.05, 3.63) is 58.9 Å². The molecule has 0 spiro atoms. The monoisotopic (exact) mass is 451 g/mol. The number of benzene rings is 2. The summed E-state index contributed by atoms with van der Waals surface area (Å²) in [5, 5.41) is 9.90. The normalized spacial score (nSPS) is 19.2. The molecule has 0 aliphatic carbocycles. The zero-order valence-corrected chi connectivity index (χ0v) is 18.5. The standard InChI is InChI=1S/C25H23F2N3O3/c1-25(2,32)11-5-6-14-9-10-16-17(12-14)30-18-13-19(22(30)28-16)29(3)23(31)15-7-4-8-20(21(15)18)33-24(26)27/h4,7-10,12,18-19,24,32H,11,13H2,1-3H3/t18-,19?/m1/s1. The van der Waals surface area contributed by atoms with Crippen molar-refractivity contribution >= 4 is 16.9 Å². The molecule has 0 saturated heterocycles. The summed E-state index contributed by atoms with van der Waals surface area (Å²) >= 11 is 0. The number of alkyl halides is 2. The van der Waals surface area contributed by atoms with Crippen LogP contribution in [0.1, 0.15) is 66.1 Å². The molecular formula is C25H23F2N3O3. The molecule has 2 aromatic carbocycles. The van der Waals surface area contributed by atoms with E-state index < -0.39 is 12.2 Å². The molecule has 1 unspecified atom stereocenters. The number of hydrogen-bond acceptors (Lipinski definition) is 4. The molecule has 1 aromatic heterocycles. The highest BCUT2D eigenvalue weighted by atomic mass is 19.3. The van der Waals surface area contributed by atoms with Gasteiger partial charge in [-0.1, -0.05) is 17.9 Å². The number of fused-ring (bicyclic) bond motifs is 9. The summed E-state index contributed by atoms with van der Waals surface area (Å²) in [5.41, 5.74) is 2.24. The molecule has 3 heterocycles. The van der Waals surface area contributed by atoms with Gasteiger partial charge in [-0.05, 0) is 44.2 Å². The summed E-state index contributed by atoms with van der Waals surface area (Å²) in [6.07, 6.45) is 0.848. The van der Waals surface area contributed by atoms with E-state index in [0.717, 1.165) is 16.6 Å². The first kappa shape index (κ1) is 21.4. The number of ether oxygens (including phenoxy) is 1. The third kappa shape index (κ3) is 3.62. The molecule has 170 valence electrons. The third-order valence-corrected chi connectivity index (χ3v) is 6.16. The molecule has 2 atom stereocenters. The van der Waals surface area contributed by atoms with E-state index in [4.69, 9.17) is 9.72 Å². The van der Waals surface area contributed by atoms with Crippen LogP contribution in [0.15, 0.2) is 36.4 Å². The third-order valence-electron chi connectivity index (χ3n) is 6.16. The van der Waals surface area contributed by atoms with E-state index in [2.05, 4.69) is 11.8 Å². The van der Waals surface area contributed by atoms with Crippen LogP contribution in [0.3, 0.4) is 0 Å². The highest BCUT2D eigenvalue weighted by molar-refractivity contribution is 5.97. The highest BCUT2D eigenvalue weighted by Crippen LogP contribution is 2.49. The highest BCUT2D eigenvalue weighted by Gasteiger charge is 2.45. The van der Waals surface area contributed by atoms with Crippen LogP contribution >= 0.6 is 0 Å². The maximum absolute atomic E-state index is 13.2. The summed E-state index contributed by atoms with van der Waals surface area (Å²) in [7, 11) is 1.71. The number of aromatic nitrogens is 2. The molecule has 2 aliphatic rings. The van der Waals surface area contributed by atoms with Gasteiger partial charge in [-0.15, -0.1) is 0 Å². The van der Waals surface area contributed by atoms with Crippen molar-refractivity contribution in [1.29, 1.82) is 0 Å².